The van der Waals surface area contributed by atoms with Crippen LogP contribution in [0, 0.1) is 11.2 Å². The summed E-state index contributed by atoms with van der Waals surface area (Å²) in [7, 11) is 0. The number of fused-ring (bicyclic) bond motifs is 1. The second kappa shape index (κ2) is 9.43. The highest BCUT2D eigenvalue weighted by molar-refractivity contribution is 6.01. The Bertz CT molecular complexity index is 770. The van der Waals surface area contributed by atoms with E-state index in [-0.39, 0.29) is 29.9 Å². The van der Waals surface area contributed by atoms with Gasteiger partial charge in [-0.3, -0.25) is 9.59 Å². The summed E-state index contributed by atoms with van der Waals surface area (Å²) >= 11 is 0. The first kappa shape index (κ1) is 21.2. The van der Waals surface area contributed by atoms with E-state index in [1.54, 1.807) is 6.07 Å². The number of carbonyl (C=O) groups is 2. The van der Waals surface area contributed by atoms with Crippen LogP contribution in [-0.2, 0) is 19.1 Å². The molecule has 7 heteroatoms. The van der Waals surface area contributed by atoms with Crippen LogP contribution < -0.4 is 10.6 Å². The monoisotopic (exact) mass is 418 g/mol. The van der Waals surface area contributed by atoms with Crippen molar-refractivity contribution in [3.63, 3.8) is 0 Å². The van der Waals surface area contributed by atoms with E-state index in [4.69, 9.17) is 9.47 Å². The molecule has 1 atom stereocenters. The molecule has 1 aliphatic carbocycles. The summed E-state index contributed by atoms with van der Waals surface area (Å²) in [5.74, 6) is -1.45. The van der Waals surface area contributed by atoms with E-state index in [0.717, 1.165) is 25.7 Å². The van der Waals surface area contributed by atoms with Gasteiger partial charge >= 0.3 is 0 Å². The van der Waals surface area contributed by atoms with Crippen LogP contribution in [0.25, 0.3) is 0 Å². The lowest BCUT2D eigenvalue weighted by Gasteiger charge is -2.37. The van der Waals surface area contributed by atoms with Crippen molar-refractivity contribution < 1.29 is 23.5 Å². The van der Waals surface area contributed by atoms with Gasteiger partial charge < -0.3 is 20.1 Å². The summed E-state index contributed by atoms with van der Waals surface area (Å²) < 4.78 is 25.3. The fourth-order valence-corrected chi connectivity index (χ4v) is 5.19. The molecule has 1 aromatic carbocycles. The minimum atomic E-state index is -0.581. The Morgan fingerprint density at radius 2 is 1.90 bits per heavy atom. The van der Waals surface area contributed by atoms with Crippen LogP contribution in [0.5, 0.6) is 0 Å². The van der Waals surface area contributed by atoms with Crippen molar-refractivity contribution >= 4 is 17.5 Å². The van der Waals surface area contributed by atoms with Gasteiger partial charge in [-0.25, -0.2) is 4.39 Å². The van der Waals surface area contributed by atoms with Gasteiger partial charge in [0.15, 0.2) is 6.29 Å². The third-order valence-corrected chi connectivity index (χ3v) is 6.74. The molecule has 164 valence electrons. The lowest BCUT2D eigenvalue weighted by molar-refractivity contribution is -0.143. The van der Waals surface area contributed by atoms with Crippen molar-refractivity contribution in [1.29, 1.82) is 0 Å². The number of halogens is 1. The molecule has 0 aromatic heterocycles. The molecular formula is C23H31FN2O4. The molecule has 1 saturated heterocycles. The van der Waals surface area contributed by atoms with Crippen molar-refractivity contribution in [3.05, 3.63) is 29.6 Å². The van der Waals surface area contributed by atoms with Crippen molar-refractivity contribution in [2.75, 3.05) is 25.1 Å². The average Bonchev–Trinajstić information content (AvgIpc) is 3.17. The maximum absolute atomic E-state index is 13.5. The summed E-state index contributed by atoms with van der Waals surface area (Å²) in [4.78, 5) is 24.8. The van der Waals surface area contributed by atoms with Crippen LogP contribution >= 0.6 is 0 Å². The Morgan fingerprint density at radius 3 is 2.63 bits per heavy atom. The molecule has 4 rings (SSSR count). The highest BCUT2D eigenvalue weighted by Crippen LogP contribution is 2.44. The molecule has 30 heavy (non-hydrogen) atoms. The second-order valence-corrected chi connectivity index (χ2v) is 8.78. The SMILES string of the molecule is O=C1C[C@H](C(=O)NCCCC2(C3OCCO3)CCCCCC2)c2ccc(F)cc2N1. The lowest BCUT2D eigenvalue weighted by atomic mass is 9.75. The molecule has 2 amide bonds. The number of amides is 2. The van der Waals surface area contributed by atoms with Crippen molar-refractivity contribution in [2.24, 2.45) is 5.41 Å². The highest BCUT2D eigenvalue weighted by Gasteiger charge is 2.42. The maximum Gasteiger partial charge on any atom is 0.228 e. The zero-order chi connectivity index (χ0) is 21.0. The van der Waals surface area contributed by atoms with Crippen LogP contribution in [0.4, 0.5) is 10.1 Å². The fraction of sp³-hybridized carbons (Fsp3) is 0.652. The predicted octanol–water partition coefficient (Wildman–Crippen LogP) is 3.86. The standard InChI is InChI=1S/C23H31FN2O4/c24-16-6-7-17-18(15-20(27)26-19(17)14-16)21(28)25-11-5-10-23(22-29-12-13-30-22)8-3-1-2-4-9-23/h6-7,14,18,22H,1-5,8-13,15H2,(H,25,28)(H,26,27)/t18-/m0/s1. The summed E-state index contributed by atoms with van der Waals surface area (Å²) in [6.45, 7) is 1.86. The lowest BCUT2D eigenvalue weighted by Crippen LogP contribution is -2.38. The van der Waals surface area contributed by atoms with E-state index < -0.39 is 11.7 Å². The van der Waals surface area contributed by atoms with Gasteiger partial charge in [0.2, 0.25) is 11.8 Å². The Kier molecular flexibility index (Phi) is 6.68. The topological polar surface area (TPSA) is 76.7 Å². The van der Waals surface area contributed by atoms with Crippen molar-refractivity contribution in [2.45, 2.75) is 70.0 Å². The summed E-state index contributed by atoms with van der Waals surface area (Å²) in [6, 6.07) is 4.18. The molecule has 0 spiro atoms. The molecule has 0 bridgehead atoms. The third kappa shape index (κ3) is 4.67. The minimum absolute atomic E-state index is 0.0343. The van der Waals surface area contributed by atoms with Gasteiger partial charge in [0.1, 0.15) is 5.82 Å². The normalized spacial score (nSPS) is 24.0. The zero-order valence-electron chi connectivity index (χ0n) is 17.4. The van der Waals surface area contributed by atoms with Crippen LogP contribution in [-0.4, -0.2) is 37.9 Å². The van der Waals surface area contributed by atoms with E-state index in [1.165, 1.54) is 37.8 Å². The molecule has 1 aromatic rings. The van der Waals surface area contributed by atoms with E-state index in [1.807, 2.05) is 0 Å². The summed E-state index contributed by atoms with van der Waals surface area (Å²) in [5, 5.41) is 5.65. The number of nitrogens with one attached hydrogen (secondary N) is 2. The molecule has 1 saturated carbocycles. The van der Waals surface area contributed by atoms with E-state index >= 15 is 0 Å². The first-order valence-electron chi connectivity index (χ1n) is 11.2. The van der Waals surface area contributed by atoms with Gasteiger partial charge in [-0.2, -0.15) is 0 Å². The molecule has 2 heterocycles. The number of carbonyl (C=O) groups excluding carboxylic acids is 2. The van der Waals surface area contributed by atoms with Gasteiger partial charge in [-0.05, 0) is 43.4 Å². The van der Waals surface area contributed by atoms with Gasteiger partial charge in [0.05, 0.1) is 19.1 Å². The average molecular weight is 419 g/mol. The number of hydrogen-bond donors (Lipinski definition) is 2. The molecule has 2 fully saturated rings. The maximum atomic E-state index is 13.5. The molecule has 2 aliphatic heterocycles. The van der Waals surface area contributed by atoms with E-state index in [9.17, 15) is 14.0 Å². The number of benzene rings is 1. The molecule has 0 radical (unpaired) electrons. The predicted molar refractivity (Wildman–Crippen MR) is 110 cm³/mol. The van der Waals surface area contributed by atoms with Crippen LogP contribution in [0.1, 0.15) is 69.3 Å². The van der Waals surface area contributed by atoms with Crippen LogP contribution in [0.15, 0.2) is 18.2 Å². The van der Waals surface area contributed by atoms with Gasteiger partial charge in [0.25, 0.3) is 0 Å². The van der Waals surface area contributed by atoms with Gasteiger partial charge in [-0.15, -0.1) is 0 Å². The quantitative estimate of drug-likeness (QED) is 0.543. The molecule has 2 N–H and O–H groups in total. The molecule has 6 nitrogen and oxygen atoms in total. The second-order valence-electron chi connectivity index (χ2n) is 8.78. The molecular weight excluding hydrogens is 387 g/mol. The Morgan fingerprint density at radius 1 is 1.17 bits per heavy atom. The smallest absolute Gasteiger partial charge is 0.228 e. The molecule has 3 aliphatic rings. The highest BCUT2D eigenvalue weighted by atomic mass is 19.1. The summed E-state index contributed by atoms with van der Waals surface area (Å²) in [6.07, 6.45) is 8.85. The Balaban J connectivity index is 1.34. The number of anilines is 1. The van der Waals surface area contributed by atoms with E-state index in [0.29, 0.717) is 31.0 Å². The van der Waals surface area contributed by atoms with E-state index in [2.05, 4.69) is 10.6 Å². The Hall–Kier alpha value is -1.99. The third-order valence-electron chi connectivity index (χ3n) is 6.74. The number of rotatable bonds is 6. The fourth-order valence-electron chi connectivity index (χ4n) is 5.19. The van der Waals surface area contributed by atoms with Crippen molar-refractivity contribution in [3.8, 4) is 0 Å². The van der Waals surface area contributed by atoms with Crippen LogP contribution in [0.2, 0.25) is 0 Å². The van der Waals surface area contributed by atoms with Gasteiger partial charge in [0, 0.05) is 24.1 Å². The van der Waals surface area contributed by atoms with Crippen molar-refractivity contribution in [1.82, 2.24) is 5.32 Å². The first-order chi connectivity index (χ1) is 14.6. The van der Waals surface area contributed by atoms with Gasteiger partial charge in [-0.1, -0.05) is 31.7 Å². The number of hydrogen-bond acceptors (Lipinski definition) is 4. The van der Waals surface area contributed by atoms with Crippen LogP contribution in [0.3, 0.4) is 0 Å². The zero-order valence-corrected chi connectivity index (χ0v) is 17.4. The Labute approximate surface area is 176 Å². The first-order valence-corrected chi connectivity index (χ1v) is 11.2. The summed E-state index contributed by atoms with van der Waals surface area (Å²) in [5.41, 5.74) is 1.09. The number of ether oxygens (including phenoxy) is 2. The molecule has 0 unspecified atom stereocenters. The minimum Gasteiger partial charge on any atom is -0.356 e. The largest absolute Gasteiger partial charge is 0.356 e.